The van der Waals surface area contributed by atoms with Gasteiger partial charge in [-0.25, -0.2) is 9.13 Å². The van der Waals surface area contributed by atoms with Gasteiger partial charge in [-0.3, -0.25) is 4.52 Å². The van der Waals surface area contributed by atoms with Gasteiger partial charge >= 0.3 is 15.6 Å². The van der Waals surface area contributed by atoms with Crippen LogP contribution >= 0.6 is 15.6 Å². The zero-order valence-electron chi connectivity index (χ0n) is 28.4. The van der Waals surface area contributed by atoms with Gasteiger partial charge in [0.05, 0.1) is 6.10 Å². The number of phosphoric ester groups is 1. The molecule has 244 valence electrons. The first-order valence-corrected chi connectivity index (χ1v) is 17.7. The van der Waals surface area contributed by atoms with Gasteiger partial charge in [-0.1, -0.05) is 133 Å². The lowest BCUT2D eigenvalue weighted by Gasteiger charge is -2.42. The van der Waals surface area contributed by atoms with Crippen LogP contribution in [0.1, 0.15) is 143 Å². The van der Waals surface area contributed by atoms with E-state index in [1.165, 1.54) is 0 Å². The predicted octanol–water partition coefficient (Wildman–Crippen LogP) is 8.90. The van der Waals surface area contributed by atoms with Crippen molar-refractivity contribution in [2.45, 2.75) is 131 Å². The van der Waals surface area contributed by atoms with Crippen molar-refractivity contribution < 1.29 is 37.8 Å². The van der Waals surface area contributed by atoms with E-state index in [4.69, 9.17) is 4.52 Å². The Hall–Kier alpha value is -1.34. The Morgan fingerprint density at radius 3 is 1.33 bits per heavy atom. The summed E-state index contributed by atoms with van der Waals surface area (Å²) in [6.45, 7) is 28.2. The number of hydrogen-bond acceptors (Lipinski definition) is 5. The SMILES string of the molecule is CC(C)(C)c1ccc(C(O)C(C)(C)C(OP(=O)(O)OP(=O)(O)O)c2ccc(C(C)(C)C)cc2C(C)(C)C)c(C(C)(C)C)c1. The van der Waals surface area contributed by atoms with E-state index in [2.05, 4.69) is 72.7 Å². The summed E-state index contributed by atoms with van der Waals surface area (Å²) in [4.78, 5) is 29.4. The number of benzene rings is 2. The minimum absolute atomic E-state index is 0.134. The molecule has 3 unspecified atom stereocenters. The molecule has 0 bridgehead atoms. The molecule has 3 atom stereocenters. The van der Waals surface area contributed by atoms with Crippen molar-refractivity contribution in [3.63, 3.8) is 0 Å². The quantitative estimate of drug-likeness (QED) is 0.210. The summed E-state index contributed by atoms with van der Waals surface area (Å²) < 4.78 is 34.7. The second kappa shape index (κ2) is 12.1. The first-order chi connectivity index (χ1) is 18.9. The van der Waals surface area contributed by atoms with Crippen LogP contribution in [0.4, 0.5) is 0 Å². The molecular formula is C33H54O8P2. The Morgan fingerprint density at radius 2 is 0.977 bits per heavy atom. The number of aliphatic hydroxyl groups excluding tert-OH is 1. The van der Waals surface area contributed by atoms with Crippen LogP contribution in [0.25, 0.3) is 0 Å². The summed E-state index contributed by atoms with van der Waals surface area (Å²) in [5.41, 5.74) is 2.54. The van der Waals surface area contributed by atoms with Crippen molar-refractivity contribution in [3.8, 4) is 0 Å². The zero-order valence-corrected chi connectivity index (χ0v) is 30.2. The summed E-state index contributed by atoms with van der Waals surface area (Å²) in [6, 6.07) is 11.7. The average Bonchev–Trinajstić information content (AvgIpc) is 2.77. The molecule has 2 aromatic rings. The van der Waals surface area contributed by atoms with E-state index in [0.717, 1.165) is 22.3 Å². The van der Waals surface area contributed by atoms with Crippen LogP contribution in [0.5, 0.6) is 0 Å². The fraction of sp³-hybridized carbons (Fsp3) is 0.636. The average molecular weight is 641 g/mol. The first kappa shape index (κ1) is 37.8. The highest BCUT2D eigenvalue weighted by Gasteiger charge is 2.47. The molecule has 0 aromatic heterocycles. The molecule has 10 heteroatoms. The number of rotatable bonds is 8. The van der Waals surface area contributed by atoms with Gasteiger partial charge in [0.25, 0.3) is 0 Å². The Morgan fingerprint density at radius 1 is 0.605 bits per heavy atom. The fourth-order valence-corrected chi connectivity index (χ4v) is 7.12. The molecule has 2 rings (SSSR count). The van der Waals surface area contributed by atoms with Gasteiger partial charge in [0.2, 0.25) is 0 Å². The molecule has 0 aliphatic carbocycles. The molecule has 43 heavy (non-hydrogen) atoms. The van der Waals surface area contributed by atoms with E-state index in [-0.39, 0.29) is 16.2 Å². The van der Waals surface area contributed by atoms with Gasteiger partial charge in [0.15, 0.2) is 0 Å². The normalized spacial score (nSPS) is 17.0. The van der Waals surface area contributed by atoms with Crippen LogP contribution in [0.15, 0.2) is 36.4 Å². The molecule has 0 aliphatic heterocycles. The van der Waals surface area contributed by atoms with E-state index < -0.39 is 38.7 Å². The number of phosphoric acid groups is 2. The van der Waals surface area contributed by atoms with Crippen molar-refractivity contribution >= 4 is 15.6 Å². The molecule has 0 fully saturated rings. The van der Waals surface area contributed by atoms with Crippen molar-refractivity contribution in [1.29, 1.82) is 0 Å². The van der Waals surface area contributed by atoms with Crippen molar-refractivity contribution in [1.82, 2.24) is 0 Å². The summed E-state index contributed by atoms with van der Waals surface area (Å²) in [7, 11) is -10.7. The lowest BCUT2D eigenvalue weighted by Crippen LogP contribution is -2.34. The van der Waals surface area contributed by atoms with Crippen molar-refractivity contribution in [2.75, 3.05) is 0 Å². The number of aliphatic hydroxyl groups is 1. The summed E-state index contributed by atoms with van der Waals surface area (Å²) >= 11 is 0. The fourth-order valence-electron chi connectivity index (χ4n) is 5.24. The van der Waals surface area contributed by atoms with E-state index in [1.807, 2.05) is 51.1 Å². The van der Waals surface area contributed by atoms with Gasteiger partial charge in [-0.05, 0) is 55.0 Å². The lowest BCUT2D eigenvalue weighted by molar-refractivity contribution is -0.0498. The maximum absolute atomic E-state index is 13.1. The Labute approximate surface area is 259 Å². The predicted molar refractivity (Wildman–Crippen MR) is 173 cm³/mol. The highest BCUT2D eigenvalue weighted by atomic mass is 31.3. The van der Waals surface area contributed by atoms with Crippen LogP contribution in [0.3, 0.4) is 0 Å². The van der Waals surface area contributed by atoms with Gasteiger partial charge in [0, 0.05) is 5.41 Å². The van der Waals surface area contributed by atoms with E-state index in [9.17, 15) is 28.9 Å². The monoisotopic (exact) mass is 640 g/mol. The smallest absolute Gasteiger partial charge is 0.388 e. The highest BCUT2D eigenvalue weighted by molar-refractivity contribution is 7.60. The zero-order chi connectivity index (χ0) is 33.8. The van der Waals surface area contributed by atoms with Crippen LogP contribution in [-0.2, 0) is 39.6 Å². The Bertz CT molecular complexity index is 1400. The molecule has 0 heterocycles. The summed E-state index contributed by atoms with van der Waals surface area (Å²) in [5, 5.41) is 12.2. The van der Waals surface area contributed by atoms with Gasteiger partial charge < -0.3 is 19.8 Å². The third-order valence-corrected chi connectivity index (χ3v) is 10.0. The van der Waals surface area contributed by atoms with Crippen molar-refractivity contribution in [3.05, 3.63) is 69.8 Å². The molecule has 0 saturated carbocycles. The molecule has 8 nitrogen and oxygen atoms in total. The third-order valence-electron chi connectivity index (χ3n) is 7.86. The third kappa shape index (κ3) is 9.58. The standard InChI is InChI=1S/C33H54O8P2/c1-29(2,3)21-15-17-23(25(19-21)31(7,8)9)27(34)33(13,14)28(40-43(38,39)41-42(35,36)37)24-18-16-22(30(4,5)6)20-26(24)32(10,11)12/h15-20,27-28,34H,1-14H3,(H,38,39)(H2,35,36,37). The molecule has 4 N–H and O–H groups in total. The first-order valence-electron chi connectivity index (χ1n) is 14.6. The van der Waals surface area contributed by atoms with Gasteiger partial charge in [0.1, 0.15) is 6.10 Å². The maximum Gasteiger partial charge on any atom is 0.481 e. The molecule has 0 spiro atoms. The van der Waals surface area contributed by atoms with E-state index in [1.54, 1.807) is 13.8 Å². The maximum atomic E-state index is 13.1. The second-order valence-electron chi connectivity index (χ2n) is 16.4. The Kier molecular flexibility index (Phi) is 10.7. The highest BCUT2D eigenvalue weighted by Crippen LogP contribution is 2.63. The summed E-state index contributed by atoms with van der Waals surface area (Å²) in [6.07, 6.45) is -2.53. The molecule has 0 aliphatic rings. The van der Waals surface area contributed by atoms with Crippen LogP contribution in [0.2, 0.25) is 0 Å². The van der Waals surface area contributed by atoms with Gasteiger partial charge in [-0.2, -0.15) is 4.31 Å². The topological polar surface area (TPSA) is 134 Å². The Balaban J connectivity index is 2.93. The molecule has 0 amide bonds. The van der Waals surface area contributed by atoms with Crippen LogP contribution < -0.4 is 0 Å². The van der Waals surface area contributed by atoms with Crippen molar-refractivity contribution in [2.24, 2.45) is 5.41 Å². The van der Waals surface area contributed by atoms with Crippen LogP contribution in [-0.4, -0.2) is 19.8 Å². The summed E-state index contributed by atoms with van der Waals surface area (Å²) in [5.74, 6) is 0. The van der Waals surface area contributed by atoms with E-state index >= 15 is 0 Å². The second-order valence-corrected chi connectivity index (χ2v) is 19.1. The largest absolute Gasteiger partial charge is 0.481 e. The van der Waals surface area contributed by atoms with E-state index in [0.29, 0.717) is 11.1 Å². The molecule has 0 radical (unpaired) electrons. The number of hydrogen-bond donors (Lipinski definition) is 4. The molecule has 2 aromatic carbocycles. The van der Waals surface area contributed by atoms with Gasteiger partial charge in [-0.15, -0.1) is 0 Å². The minimum Gasteiger partial charge on any atom is -0.388 e. The van der Waals surface area contributed by atoms with Crippen LogP contribution in [0, 0.1) is 5.41 Å². The molecule has 0 saturated heterocycles. The lowest BCUT2D eigenvalue weighted by atomic mass is 9.68. The molecular weight excluding hydrogens is 586 g/mol. The minimum atomic E-state index is -5.40.